The van der Waals surface area contributed by atoms with Crippen LogP contribution in [0.25, 0.3) is 10.2 Å². The Kier molecular flexibility index (Phi) is 5.87. The number of hydrogen-bond donors (Lipinski definition) is 1. The van der Waals surface area contributed by atoms with E-state index in [1.54, 1.807) is 36.4 Å². The molecular weight excluding hydrogens is 449 g/mol. The zero-order valence-corrected chi connectivity index (χ0v) is 19.4. The minimum absolute atomic E-state index is 0.210. The van der Waals surface area contributed by atoms with Crippen molar-refractivity contribution in [3.05, 3.63) is 82.1 Å². The number of hydrogen-bond acceptors (Lipinski definition) is 5. The van der Waals surface area contributed by atoms with Crippen molar-refractivity contribution in [3.63, 3.8) is 0 Å². The summed E-state index contributed by atoms with van der Waals surface area (Å²) < 4.78 is 38.3. The third-order valence-electron chi connectivity index (χ3n) is 5.23. The van der Waals surface area contributed by atoms with Crippen LogP contribution in [0, 0.1) is 12.7 Å². The van der Waals surface area contributed by atoms with Crippen LogP contribution in [0.15, 0.2) is 59.5 Å². The summed E-state index contributed by atoms with van der Waals surface area (Å²) in [5.41, 5.74) is 2.55. The molecule has 2 aromatic heterocycles. The van der Waals surface area contributed by atoms with Crippen LogP contribution in [0.3, 0.4) is 0 Å². The van der Waals surface area contributed by atoms with E-state index in [4.69, 9.17) is 0 Å². The Morgan fingerprint density at radius 3 is 2.44 bits per heavy atom. The van der Waals surface area contributed by atoms with Gasteiger partial charge in [-0.3, -0.25) is 9.48 Å². The lowest BCUT2D eigenvalue weighted by Gasteiger charge is -2.14. The first-order chi connectivity index (χ1) is 15.1. The number of fused-ring (bicyclic) bond motifs is 1. The maximum atomic E-state index is 13.2. The molecule has 1 amide bonds. The van der Waals surface area contributed by atoms with Gasteiger partial charge in [-0.1, -0.05) is 24.3 Å². The molecule has 32 heavy (non-hydrogen) atoms. The van der Waals surface area contributed by atoms with Crippen LogP contribution in [0.4, 0.5) is 4.39 Å². The molecule has 0 saturated carbocycles. The molecule has 166 valence electrons. The van der Waals surface area contributed by atoms with Crippen molar-refractivity contribution >= 4 is 37.3 Å². The Balaban J connectivity index is 1.53. The fourth-order valence-electron chi connectivity index (χ4n) is 3.45. The minimum Gasteiger partial charge on any atom is -0.345 e. The Labute approximate surface area is 189 Å². The van der Waals surface area contributed by atoms with Gasteiger partial charge in [0.15, 0.2) is 9.84 Å². The summed E-state index contributed by atoms with van der Waals surface area (Å²) in [7, 11) is -3.27. The maximum absolute atomic E-state index is 13.2. The van der Waals surface area contributed by atoms with Crippen LogP contribution in [0.2, 0.25) is 0 Å². The molecule has 0 bridgehead atoms. The number of carbonyl (C=O) groups is 1. The van der Waals surface area contributed by atoms with Gasteiger partial charge in [0.25, 0.3) is 5.91 Å². The fraction of sp³-hybridized carbons (Fsp3) is 0.217. The topological polar surface area (TPSA) is 81.1 Å². The molecule has 0 fully saturated rings. The number of halogens is 1. The number of nitrogens with one attached hydrogen (secondary N) is 1. The van der Waals surface area contributed by atoms with Gasteiger partial charge in [-0.15, -0.1) is 11.3 Å². The van der Waals surface area contributed by atoms with Crippen LogP contribution >= 0.6 is 11.3 Å². The molecular formula is C23H22FN3O3S2. The summed E-state index contributed by atoms with van der Waals surface area (Å²) >= 11 is 1.35. The number of rotatable bonds is 6. The SMILES string of the molecule is Cc1nn(Cc2ccc(F)cc2)c2sc(C(=O)N[C@@H](C)c3ccc(S(C)(=O)=O)cc3)cc12. The lowest BCUT2D eigenvalue weighted by atomic mass is 10.1. The zero-order valence-electron chi connectivity index (χ0n) is 17.8. The highest BCUT2D eigenvalue weighted by Gasteiger charge is 2.19. The van der Waals surface area contributed by atoms with E-state index in [9.17, 15) is 17.6 Å². The molecule has 0 saturated heterocycles. The Morgan fingerprint density at radius 1 is 1.16 bits per heavy atom. The van der Waals surface area contributed by atoms with E-state index in [2.05, 4.69) is 10.4 Å². The number of carbonyl (C=O) groups excluding carboxylic acids is 1. The van der Waals surface area contributed by atoms with Crippen molar-refractivity contribution in [2.75, 3.05) is 6.26 Å². The van der Waals surface area contributed by atoms with Crippen LogP contribution in [-0.2, 0) is 16.4 Å². The standard InChI is InChI=1S/C23H22FN3O3S2/c1-14(17-6-10-19(11-7-17)32(3,29)30)25-22(28)21-12-20-15(2)26-27(23(20)31-21)13-16-4-8-18(24)9-5-16/h4-12,14H,13H2,1-3H3,(H,25,28)/t14-/m0/s1. The predicted octanol–water partition coefficient (Wildman–Crippen LogP) is 4.49. The molecule has 9 heteroatoms. The second kappa shape index (κ2) is 8.48. The third-order valence-corrected chi connectivity index (χ3v) is 7.51. The smallest absolute Gasteiger partial charge is 0.261 e. The summed E-state index contributed by atoms with van der Waals surface area (Å²) in [5, 5.41) is 8.43. The van der Waals surface area contributed by atoms with Gasteiger partial charge in [-0.25, -0.2) is 12.8 Å². The van der Waals surface area contributed by atoms with Crippen molar-refractivity contribution in [2.45, 2.75) is 31.3 Å². The van der Waals surface area contributed by atoms with E-state index in [0.717, 1.165) is 33.3 Å². The predicted molar refractivity (Wildman–Crippen MR) is 123 cm³/mol. The highest BCUT2D eigenvalue weighted by atomic mass is 32.2. The number of benzene rings is 2. The zero-order chi connectivity index (χ0) is 23.0. The van der Waals surface area contributed by atoms with E-state index in [1.165, 1.54) is 23.5 Å². The number of thiophene rings is 1. The Hall–Kier alpha value is -3.04. The Bertz CT molecular complexity index is 1390. The highest BCUT2D eigenvalue weighted by molar-refractivity contribution is 7.90. The number of aryl methyl sites for hydroxylation is 1. The highest BCUT2D eigenvalue weighted by Crippen LogP contribution is 2.29. The van der Waals surface area contributed by atoms with Gasteiger partial charge in [0.1, 0.15) is 10.6 Å². The van der Waals surface area contributed by atoms with E-state index in [-0.39, 0.29) is 22.7 Å². The van der Waals surface area contributed by atoms with E-state index < -0.39 is 9.84 Å². The van der Waals surface area contributed by atoms with Crippen molar-refractivity contribution in [2.24, 2.45) is 0 Å². The number of aromatic nitrogens is 2. The molecule has 2 aromatic carbocycles. The number of sulfone groups is 1. The average Bonchev–Trinajstić information content (AvgIpc) is 3.30. The molecule has 6 nitrogen and oxygen atoms in total. The largest absolute Gasteiger partial charge is 0.345 e. The van der Waals surface area contributed by atoms with Crippen LogP contribution in [0.5, 0.6) is 0 Å². The molecule has 0 aliphatic rings. The summed E-state index contributed by atoms with van der Waals surface area (Å²) in [6.45, 7) is 4.22. The lowest BCUT2D eigenvalue weighted by Crippen LogP contribution is -2.25. The van der Waals surface area contributed by atoms with Crippen LogP contribution < -0.4 is 5.32 Å². The molecule has 0 radical (unpaired) electrons. The third kappa shape index (κ3) is 4.58. The van der Waals surface area contributed by atoms with Gasteiger partial charge in [-0.2, -0.15) is 5.10 Å². The summed E-state index contributed by atoms with van der Waals surface area (Å²) in [6, 6.07) is 14.3. The molecule has 0 spiro atoms. The summed E-state index contributed by atoms with van der Waals surface area (Å²) in [4.78, 5) is 14.6. The van der Waals surface area contributed by atoms with Crippen molar-refractivity contribution in [3.8, 4) is 0 Å². The molecule has 4 aromatic rings. The molecule has 1 atom stereocenters. The van der Waals surface area contributed by atoms with Crippen molar-refractivity contribution in [1.29, 1.82) is 0 Å². The van der Waals surface area contributed by atoms with Crippen molar-refractivity contribution < 1.29 is 17.6 Å². The van der Waals surface area contributed by atoms with Gasteiger partial charge in [-0.05, 0) is 55.3 Å². The monoisotopic (exact) mass is 471 g/mol. The summed E-state index contributed by atoms with van der Waals surface area (Å²) in [6.07, 6.45) is 1.16. The molecule has 2 heterocycles. The molecule has 1 N–H and O–H groups in total. The fourth-order valence-corrected chi connectivity index (χ4v) is 5.14. The molecule has 0 unspecified atom stereocenters. The number of nitrogens with zero attached hydrogens (tertiary/aromatic N) is 2. The van der Waals surface area contributed by atoms with E-state index in [1.807, 2.05) is 24.6 Å². The maximum Gasteiger partial charge on any atom is 0.261 e. The van der Waals surface area contributed by atoms with Gasteiger partial charge >= 0.3 is 0 Å². The first-order valence-electron chi connectivity index (χ1n) is 9.94. The first kappa shape index (κ1) is 22.2. The molecule has 0 aliphatic heterocycles. The first-order valence-corrected chi connectivity index (χ1v) is 12.6. The van der Waals surface area contributed by atoms with E-state index >= 15 is 0 Å². The number of amides is 1. The summed E-state index contributed by atoms with van der Waals surface area (Å²) in [5.74, 6) is -0.496. The molecule has 4 rings (SSSR count). The normalized spacial score (nSPS) is 12.8. The van der Waals surface area contributed by atoms with E-state index in [0.29, 0.717) is 11.4 Å². The van der Waals surface area contributed by atoms with Crippen LogP contribution in [0.1, 0.15) is 39.5 Å². The molecule has 0 aliphatic carbocycles. The average molecular weight is 472 g/mol. The quantitative estimate of drug-likeness (QED) is 0.449. The second-order valence-electron chi connectivity index (χ2n) is 7.74. The van der Waals surface area contributed by atoms with Crippen molar-refractivity contribution in [1.82, 2.24) is 15.1 Å². The van der Waals surface area contributed by atoms with Gasteiger partial charge in [0.2, 0.25) is 0 Å². The van der Waals surface area contributed by atoms with Gasteiger partial charge in [0, 0.05) is 11.6 Å². The Morgan fingerprint density at radius 2 is 1.81 bits per heavy atom. The van der Waals surface area contributed by atoms with Gasteiger partial charge < -0.3 is 5.32 Å². The minimum atomic E-state index is -3.27. The van der Waals surface area contributed by atoms with Crippen LogP contribution in [-0.4, -0.2) is 30.4 Å². The van der Waals surface area contributed by atoms with Gasteiger partial charge in [0.05, 0.1) is 28.1 Å². The second-order valence-corrected chi connectivity index (χ2v) is 10.8. The lowest BCUT2D eigenvalue weighted by molar-refractivity contribution is 0.0944.